The van der Waals surface area contributed by atoms with E-state index in [4.69, 9.17) is 0 Å². The van der Waals surface area contributed by atoms with E-state index in [1.54, 1.807) is 18.2 Å². The molecule has 3 atom stereocenters. The Balaban J connectivity index is 2.17. The van der Waals surface area contributed by atoms with Crippen molar-refractivity contribution in [3.05, 3.63) is 29.8 Å². The van der Waals surface area contributed by atoms with Crippen molar-refractivity contribution in [2.75, 3.05) is 13.7 Å². The Labute approximate surface area is 133 Å². The van der Waals surface area contributed by atoms with Gasteiger partial charge in [0.1, 0.15) is 0 Å². The maximum atomic E-state index is 11.9. The molecule has 6 heteroatoms. The van der Waals surface area contributed by atoms with Crippen molar-refractivity contribution in [3.63, 3.8) is 0 Å². The first-order chi connectivity index (χ1) is 10.3. The van der Waals surface area contributed by atoms with E-state index in [1.807, 2.05) is 13.0 Å². The molecular formula is C16H26N2O3S. The number of nitrogens with one attached hydrogen (secondary N) is 2. The number of aliphatic hydroxyl groups excluding tert-OH is 1. The third-order valence-corrected chi connectivity index (χ3v) is 6.24. The summed E-state index contributed by atoms with van der Waals surface area (Å²) in [6.45, 7) is 4.30. The van der Waals surface area contributed by atoms with Crippen LogP contribution < -0.4 is 10.0 Å². The number of sulfonamides is 1. The van der Waals surface area contributed by atoms with Crippen LogP contribution in [0.25, 0.3) is 0 Å². The Bertz CT molecular complexity index is 618. The van der Waals surface area contributed by atoms with Crippen LogP contribution in [0.3, 0.4) is 0 Å². The Morgan fingerprint density at radius 1 is 1.45 bits per heavy atom. The first-order valence-corrected chi connectivity index (χ1v) is 9.21. The van der Waals surface area contributed by atoms with Crippen LogP contribution in [0.4, 0.5) is 0 Å². The predicted molar refractivity (Wildman–Crippen MR) is 87.1 cm³/mol. The van der Waals surface area contributed by atoms with E-state index in [0.29, 0.717) is 0 Å². The Morgan fingerprint density at radius 2 is 2.18 bits per heavy atom. The molecular weight excluding hydrogens is 300 g/mol. The van der Waals surface area contributed by atoms with Crippen molar-refractivity contribution < 1.29 is 13.5 Å². The molecule has 0 heterocycles. The molecule has 1 aliphatic carbocycles. The second kappa shape index (κ2) is 6.66. The molecule has 0 spiro atoms. The molecule has 1 aromatic rings. The maximum absolute atomic E-state index is 11.9. The number of benzene rings is 1. The van der Waals surface area contributed by atoms with Gasteiger partial charge in [0.15, 0.2) is 0 Å². The van der Waals surface area contributed by atoms with Crippen LogP contribution in [-0.2, 0) is 10.0 Å². The molecule has 22 heavy (non-hydrogen) atoms. The van der Waals surface area contributed by atoms with E-state index in [-0.39, 0.29) is 29.0 Å². The average Bonchev–Trinajstić information content (AvgIpc) is 2.89. The second-order valence-corrected chi connectivity index (χ2v) is 8.31. The molecule has 2 rings (SSSR count). The van der Waals surface area contributed by atoms with Crippen LogP contribution in [0.15, 0.2) is 29.2 Å². The van der Waals surface area contributed by atoms with Gasteiger partial charge in [-0.25, -0.2) is 13.1 Å². The molecule has 0 amide bonds. The summed E-state index contributed by atoms with van der Waals surface area (Å²) in [5.74, 6) is 0. The van der Waals surface area contributed by atoms with E-state index in [9.17, 15) is 13.5 Å². The summed E-state index contributed by atoms with van der Waals surface area (Å²) in [6, 6.07) is 7.26. The van der Waals surface area contributed by atoms with Gasteiger partial charge in [0.2, 0.25) is 10.0 Å². The summed E-state index contributed by atoms with van der Waals surface area (Å²) >= 11 is 0. The van der Waals surface area contributed by atoms with Crippen molar-refractivity contribution in [2.45, 2.75) is 50.1 Å². The molecule has 124 valence electrons. The maximum Gasteiger partial charge on any atom is 0.240 e. The van der Waals surface area contributed by atoms with Gasteiger partial charge in [0, 0.05) is 24.1 Å². The average molecular weight is 326 g/mol. The molecule has 1 fully saturated rings. The van der Waals surface area contributed by atoms with E-state index in [0.717, 1.165) is 24.8 Å². The minimum Gasteiger partial charge on any atom is -0.396 e. The molecule has 1 saturated carbocycles. The van der Waals surface area contributed by atoms with Gasteiger partial charge in [-0.3, -0.25) is 0 Å². The van der Waals surface area contributed by atoms with Crippen LogP contribution in [-0.4, -0.2) is 33.2 Å². The number of hydrogen-bond acceptors (Lipinski definition) is 4. The van der Waals surface area contributed by atoms with Gasteiger partial charge in [-0.1, -0.05) is 25.5 Å². The van der Waals surface area contributed by atoms with Crippen molar-refractivity contribution >= 4 is 10.0 Å². The normalized spacial score (nSPS) is 27.0. The van der Waals surface area contributed by atoms with Gasteiger partial charge in [-0.15, -0.1) is 0 Å². The van der Waals surface area contributed by atoms with Gasteiger partial charge >= 0.3 is 0 Å². The second-order valence-electron chi connectivity index (χ2n) is 6.43. The van der Waals surface area contributed by atoms with E-state index >= 15 is 0 Å². The van der Waals surface area contributed by atoms with Crippen LogP contribution in [0, 0.1) is 5.41 Å². The number of hydrogen-bond donors (Lipinski definition) is 3. The van der Waals surface area contributed by atoms with E-state index < -0.39 is 10.0 Å². The lowest BCUT2D eigenvalue weighted by molar-refractivity contribution is 0.114. The van der Waals surface area contributed by atoms with Gasteiger partial charge in [0.25, 0.3) is 0 Å². The molecule has 0 aliphatic heterocycles. The lowest BCUT2D eigenvalue weighted by atomic mass is 9.85. The highest BCUT2D eigenvalue weighted by Gasteiger charge is 2.38. The van der Waals surface area contributed by atoms with Crippen LogP contribution >= 0.6 is 0 Å². The SMILES string of the molecule is CNS(=O)(=O)c1cccc(C(C)NC2CCCC2(C)CO)c1. The van der Waals surface area contributed by atoms with Gasteiger partial charge < -0.3 is 10.4 Å². The Morgan fingerprint density at radius 3 is 2.82 bits per heavy atom. The number of rotatable bonds is 6. The Kier molecular flexibility index (Phi) is 5.27. The van der Waals surface area contributed by atoms with Crippen molar-refractivity contribution in [1.29, 1.82) is 0 Å². The molecule has 1 aromatic carbocycles. The zero-order valence-electron chi connectivity index (χ0n) is 13.5. The predicted octanol–water partition coefficient (Wildman–Crippen LogP) is 1.80. The van der Waals surface area contributed by atoms with E-state index in [1.165, 1.54) is 7.05 Å². The highest BCUT2D eigenvalue weighted by molar-refractivity contribution is 7.89. The fraction of sp³-hybridized carbons (Fsp3) is 0.625. The van der Waals surface area contributed by atoms with Crippen molar-refractivity contribution in [2.24, 2.45) is 5.41 Å². The fourth-order valence-electron chi connectivity index (χ4n) is 3.17. The summed E-state index contributed by atoms with van der Waals surface area (Å²) < 4.78 is 26.1. The topological polar surface area (TPSA) is 78.4 Å². The molecule has 3 N–H and O–H groups in total. The Hall–Kier alpha value is -0.950. The van der Waals surface area contributed by atoms with E-state index in [2.05, 4.69) is 17.0 Å². The number of aliphatic hydroxyl groups is 1. The van der Waals surface area contributed by atoms with Gasteiger partial charge in [-0.05, 0) is 44.5 Å². The summed E-state index contributed by atoms with van der Waals surface area (Å²) in [4.78, 5) is 0.275. The summed E-state index contributed by atoms with van der Waals surface area (Å²) in [7, 11) is -2.02. The quantitative estimate of drug-likeness (QED) is 0.745. The van der Waals surface area contributed by atoms with Crippen LogP contribution in [0.2, 0.25) is 0 Å². The first-order valence-electron chi connectivity index (χ1n) is 7.73. The molecule has 3 unspecified atom stereocenters. The monoisotopic (exact) mass is 326 g/mol. The minimum atomic E-state index is -3.43. The first kappa shape index (κ1) is 17.4. The van der Waals surface area contributed by atoms with Gasteiger partial charge in [0.05, 0.1) is 4.90 Å². The third kappa shape index (κ3) is 3.51. The molecule has 0 bridgehead atoms. The minimum absolute atomic E-state index is 0.0287. The van der Waals surface area contributed by atoms with Gasteiger partial charge in [-0.2, -0.15) is 0 Å². The smallest absolute Gasteiger partial charge is 0.240 e. The molecule has 1 aliphatic rings. The molecule has 0 aromatic heterocycles. The zero-order chi connectivity index (χ0) is 16.4. The largest absolute Gasteiger partial charge is 0.396 e. The highest BCUT2D eigenvalue weighted by Crippen LogP contribution is 2.38. The van der Waals surface area contributed by atoms with Crippen LogP contribution in [0.5, 0.6) is 0 Å². The summed E-state index contributed by atoms with van der Waals surface area (Å²) in [5.41, 5.74) is 0.839. The lowest BCUT2D eigenvalue weighted by Crippen LogP contribution is -2.42. The summed E-state index contributed by atoms with van der Waals surface area (Å²) in [5, 5.41) is 13.2. The zero-order valence-corrected chi connectivity index (χ0v) is 14.3. The van der Waals surface area contributed by atoms with Crippen molar-refractivity contribution in [1.82, 2.24) is 10.0 Å². The molecule has 0 saturated heterocycles. The molecule has 5 nitrogen and oxygen atoms in total. The highest BCUT2D eigenvalue weighted by atomic mass is 32.2. The fourth-order valence-corrected chi connectivity index (χ4v) is 3.96. The van der Waals surface area contributed by atoms with Crippen molar-refractivity contribution in [3.8, 4) is 0 Å². The summed E-state index contributed by atoms with van der Waals surface area (Å²) in [6.07, 6.45) is 3.16. The standard InChI is InChI=1S/C16H26N2O3S/c1-12(18-15-8-5-9-16(15,2)11-19)13-6-4-7-14(10-13)22(20,21)17-3/h4,6-7,10,12,15,17-19H,5,8-9,11H2,1-3H3. The lowest BCUT2D eigenvalue weighted by Gasteiger charge is -2.32. The van der Waals surface area contributed by atoms with Crippen LogP contribution in [0.1, 0.15) is 44.7 Å². The molecule has 0 radical (unpaired) electrons. The third-order valence-electron chi connectivity index (χ3n) is 4.83.